The Kier molecular flexibility index (Phi) is 7.69. The second-order valence-electron chi connectivity index (χ2n) is 18.3. The smallest absolute Gasteiger partial charge is 0.0656 e. The quantitative estimate of drug-likeness (QED) is 0.120. The highest BCUT2D eigenvalue weighted by Gasteiger charge is 2.35. The molecule has 0 spiro atoms. The lowest BCUT2D eigenvalue weighted by atomic mass is 9.76. The van der Waals surface area contributed by atoms with Crippen LogP contribution < -0.4 is 20.7 Å². The molecule has 1 aliphatic carbocycles. The number of hydrogen-bond donors (Lipinski definition) is 0. The summed E-state index contributed by atoms with van der Waals surface area (Å²) in [5, 5.41) is 12.2. The van der Waals surface area contributed by atoms with E-state index in [0.717, 1.165) is 0 Å². The predicted octanol–water partition coefficient (Wildman–Crippen LogP) is 11.2. The van der Waals surface area contributed by atoms with Gasteiger partial charge in [-0.15, -0.1) is 0 Å². The summed E-state index contributed by atoms with van der Waals surface area (Å²) in [4.78, 5) is 0. The van der Waals surface area contributed by atoms with E-state index < -0.39 is 32.3 Å². The second kappa shape index (κ2) is 11.1. The van der Waals surface area contributed by atoms with E-state index in [1.807, 2.05) is 0 Å². The molecule has 0 unspecified atom stereocenters. The van der Waals surface area contributed by atoms with Crippen LogP contribution in [0.5, 0.6) is 0 Å². The SMILES string of the molecule is C[Si](C)(C)c1cc2c(cc1[Si](C)(C)C)-c1cc3c(cc1-2)c(-c1ccccc1)c(-c1ccccc1)c1cc([Si](C)(C)C)c([Si](C)(C)C)cc13. The Balaban J connectivity index is 1.68. The highest BCUT2D eigenvalue weighted by atomic mass is 28.3. The van der Waals surface area contributed by atoms with Crippen LogP contribution in [0.1, 0.15) is 0 Å². The van der Waals surface area contributed by atoms with E-state index in [-0.39, 0.29) is 0 Å². The van der Waals surface area contributed by atoms with Gasteiger partial charge in [-0.2, -0.15) is 0 Å². The fourth-order valence-corrected chi connectivity index (χ4v) is 18.4. The lowest BCUT2D eigenvalue weighted by molar-refractivity contribution is 1.55. The molecule has 244 valence electrons. The fraction of sp³-hybridized carbons (Fsp3) is 0.273. The summed E-state index contributed by atoms with van der Waals surface area (Å²) in [5.74, 6) is 0. The Bertz CT molecular complexity index is 2240. The average molecular weight is 693 g/mol. The topological polar surface area (TPSA) is 0 Å². The van der Waals surface area contributed by atoms with Gasteiger partial charge >= 0.3 is 0 Å². The molecule has 1 aliphatic rings. The van der Waals surface area contributed by atoms with Crippen LogP contribution in [0.4, 0.5) is 0 Å². The van der Waals surface area contributed by atoms with Gasteiger partial charge in [-0.1, -0.05) is 184 Å². The molecule has 6 aromatic rings. The molecule has 7 rings (SSSR count). The summed E-state index contributed by atoms with van der Waals surface area (Å²) < 4.78 is 0. The van der Waals surface area contributed by atoms with Gasteiger partial charge < -0.3 is 0 Å². The van der Waals surface area contributed by atoms with Gasteiger partial charge in [0.15, 0.2) is 0 Å². The highest BCUT2D eigenvalue weighted by molar-refractivity contribution is 6.99. The molecule has 0 bridgehead atoms. The van der Waals surface area contributed by atoms with Gasteiger partial charge in [0.05, 0.1) is 32.3 Å². The van der Waals surface area contributed by atoms with E-state index in [9.17, 15) is 0 Å². The second-order valence-corrected chi connectivity index (χ2v) is 38.5. The number of benzene rings is 6. The normalized spacial score (nSPS) is 13.4. The lowest BCUT2D eigenvalue weighted by Gasteiger charge is -2.34. The zero-order valence-electron chi connectivity index (χ0n) is 31.2. The molecule has 0 aliphatic heterocycles. The molecular formula is C44H52Si4. The summed E-state index contributed by atoms with van der Waals surface area (Å²) in [6.07, 6.45) is 0. The van der Waals surface area contributed by atoms with E-state index >= 15 is 0 Å². The largest absolute Gasteiger partial charge is 0.0774 e. The summed E-state index contributed by atoms with van der Waals surface area (Å²) in [7, 11) is -6.37. The zero-order valence-corrected chi connectivity index (χ0v) is 35.2. The van der Waals surface area contributed by atoms with Crippen LogP contribution in [0, 0.1) is 0 Å². The molecular weight excluding hydrogens is 641 g/mol. The van der Waals surface area contributed by atoms with Gasteiger partial charge in [-0.05, 0) is 78.2 Å². The van der Waals surface area contributed by atoms with Crippen LogP contribution in [-0.2, 0) is 0 Å². The van der Waals surface area contributed by atoms with Crippen molar-refractivity contribution in [2.75, 3.05) is 0 Å². The minimum atomic E-state index is -1.65. The molecule has 0 amide bonds. The molecule has 0 radical (unpaired) electrons. The van der Waals surface area contributed by atoms with Crippen LogP contribution in [-0.4, -0.2) is 32.3 Å². The van der Waals surface area contributed by atoms with Crippen molar-refractivity contribution >= 4 is 74.6 Å². The molecule has 0 saturated carbocycles. The van der Waals surface area contributed by atoms with Crippen molar-refractivity contribution in [1.82, 2.24) is 0 Å². The molecule has 0 fully saturated rings. The molecule has 0 saturated heterocycles. The summed E-state index contributed by atoms with van der Waals surface area (Å²) in [5.41, 5.74) is 11.1. The highest BCUT2D eigenvalue weighted by Crippen LogP contribution is 2.52. The van der Waals surface area contributed by atoms with Crippen molar-refractivity contribution in [2.45, 2.75) is 78.6 Å². The summed E-state index contributed by atoms with van der Waals surface area (Å²) >= 11 is 0. The maximum absolute atomic E-state index is 2.66. The Morgan fingerprint density at radius 1 is 0.292 bits per heavy atom. The van der Waals surface area contributed by atoms with Crippen LogP contribution in [0.2, 0.25) is 78.6 Å². The van der Waals surface area contributed by atoms with Crippen LogP contribution in [0.15, 0.2) is 97.1 Å². The van der Waals surface area contributed by atoms with Gasteiger partial charge in [0.1, 0.15) is 0 Å². The Morgan fingerprint density at radius 3 is 0.938 bits per heavy atom. The molecule has 0 N–H and O–H groups in total. The maximum atomic E-state index is 2.66. The molecule has 0 atom stereocenters. The van der Waals surface area contributed by atoms with E-state index in [1.54, 1.807) is 20.7 Å². The van der Waals surface area contributed by atoms with Crippen LogP contribution in [0.25, 0.3) is 66.1 Å². The first kappa shape index (κ1) is 33.2. The van der Waals surface area contributed by atoms with Crippen molar-refractivity contribution in [2.24, 2.45) is 0 Å². The van der Waals surface area contributed by atoms with Gasteiger partial charge in [0.25, 0.3) is 0 Å². The molecule has 0 nitrogen and oxygen atoms in total. The molecule has 48 heavy (non-hydrogen) atoms. The summed E-state index contributed by atoms with van der Waals surface area (Å²) in [6, 6.07) is 38.1. The molecule has 0 heterocycles. The number of rotatable bonds is 6. The lowest BCUT2D eigenvalue weighted by Crippen LogP contribution is -2.56. The average Bonchev–Trinajstić information content (AvgIpc) is 3.00. The number of fused-ring (bicyclic) bond motifs is 7. The fourth-order valence-electron chi connectivity index (χ4n) is 8.05. The minimum absolute atomic E-state index is 1.29. The van der Waals surface area contributed by atoms with Gasteiger partial charge in [-0.25, -0.2) is 0 Å². The third-order valence-electron chi connectivity index (χ3n) is 10.5. The van der Waals surface area contributed by atoms with E-state index in [1.165, 1.54) is 66.1 Å². The monoisotopic (exact) mass is 692 g/mol. The van der Waals surface area contributed by atoms with Crippen molar-refractivity contribution in [3.8, 4) is 44.5 Å². The Labute approximate surface area is 293 Å². The van der Waals surface area contributed by atoms with Crippen LogP contribution in [0.3, 0.4) is 0 Å². The Morgan fingerprint density at radius 2 is 0.562 bits per heavy atom. The minimum Gasteiger partial charge on any atom is -0.0656 e. The van der Waals surface area contributed by atoms with E-state index in [4.69, 9.17) is 0 Å². The zero-order chi connectivity index (χ0) is 34.6. The Hall–Kier alpha value is -3.29. The van der Waals surface area contributed by atoms with Crippen molar-refractivity contribution in [3.63, 3.8) is 0 Å². The van der Waals surface area contributed by atoms with Crippen molar-refractivity contribution < 1.29 is 0 Å². The third kappa shape index (κ3) is 5.45. The van der Waals surface area contributed by atoms with Crippen molar-refractivity contribution in [3.05, 3.63) is 97.1 Å². The third-order valence-corrected chi connectivity index (χ3v) is 19.1. The van der Waals surface area contributed by atoms with Crippen LogP contribution >= 0.6 is 0 Å². The molecule has 6 aromatic carbocycles. The summed E-state index contributed by atoms with van der Waals surface area (Å²) in [6.45, 7) is 30.3. The molecule has 4 heteroatoms. The predicted molar refractivity (Wildman–Crippen MR) is 229 cm³/mol. The van der Waals surface area contributed by atoms with Gasteiger partial charge in [-0.3, -0.25) is 0 Å². The standard InChI is InChI=1S/C44H52Si4/c1-45(2,3)39-25-34-31-23-33-36-27-41(47(7,8)9)42(48(10,11)12)28-38(36)44(30-21-17-14-18-22-30)43(29-19-15-13-16-20-29)37(33)24-32(31)35(34)26-40(39)46(4,5)6/h13-28H,1-12H3. The first-order chi connectivity index (χ1) is 22.4. The maximum Gasteiger partial charge on any atom is 0.0774 e. The molecule has 0 aromatic heterocycles. The van der Waals surface area contributed by atoms with Crippen molar-refractivity contribution in [1.29, 1.82) is 0 Å². The van der Waals surface area contributed by atoms with Gasteiger partial charge in [0.2, 0.25) is 0 Å². The van der Waals surface area contributed by atoms with E-state index in [0.29, 0.717) is 0 Å². The number of hydrogen-bond acceptors (Lipinski definition) is 0. The first-order valence-electron chi connectivity index (χ1n) is 17.8. The van der Waals surface area contributed by atoms with E-state index in [2.05, 4.69) is 176 Å². The first-order valence-corrected chi connectivity index (χ1v) is 31.8. The van der Waals surface area contributed by atoms with Gasteiger partial charge in [0, 0.05) is 0 Å².